The van der Waals surface area contributed by atoms with E-state index in [-0.39, 0.29) is 5.92 Å². The monoisotopic (exact) mass is 129 g/mol. The summed E-state index contributed by atoms with van der Waals surface area (Å²) < 4.78 is 12.7. The summed E-state index contributed by atoms with van der Waals surface area (Å²) in [6, 6.07) is 0. The number of alkyl halides is 1. The molecule has 1 fully saturated rings. The van der Waals surface area contributed by atoms with Gasteiger partial charge in [-0.2, -0.15) is 0 Å². The average molecular weight is 129 g/mol. The molecule has 2 unspecified atom stereocenters. The third-order valence-electron chi connectivity index (χ3n) is 1.77. The molecule has 9 heavy (non-hydrogen) atoms. The zero-order valence-corrected chi connectivity index (χ0v) is 5.65. The minimum atomic E-state index is -0.706. The highest BCUT2D eigenvalue weighted by molar-refractivity contribution is 5.03. The predicted molar refractivity (Wildman–Crippen MR) is 36.1 cm³/mol. The van der Waals surface area contributed by atoms with Gasteiger partial charge in [0.2, 0.25) is 0 Å². The van der Waals surface area contributed by atoms with E-state index in [0.29, 0.717) is 6.54 Å². The first-order chi connectivity index (χ1) is 4.22. The third kappa shape index (κ3) is 1.30. The zero-order valence-electron chi connectivity index (χ0n) is 5.65. The highest BCUT2D eigenvalue weighted by Crippen LogP contribution is 2.18. The van der Waals surface area contributed by atoms with Crippen molar-refractivity contribution < 1.29 is 4.39 Å². The van der Waals surface area contributed by atoms with E-state index >= 15 is 0 Å². The molecule has 0 bridgehead atoms. The van der Waals surface area contributed by atoms with Crippen LogP contribution < -0.4 is 5.32 Å². The summed E-state index contributed by atoms with van der Waals surface area (Å²) in [6.45, 7) is 6.84. The summed E-state index contributed by atoms with van der Waals surface area (Å²) >= 11 is 0. The van der Waals surface area contributed by atoms with E-state index in [4.69, 9.17) is 0 Å². The number of hydrogen-bond donors (Lipinski definition) is 1. The molecule has 0 radical (unpaired) electrons. The van der Waals surface area contributed by atoms with Crippen LogP contribution in [0.5, 0.6) is 0 Å². The summed E-state index contributed by atoms with van der Waals surface area (Å²) in [5.41, 5.74) is 0.951. The maximum Gasteiger partial charge on any atom is 0.120 e. The summed E-state index contributed by atoms with van der Waals surface area (Å²) in [5, 5.41) is 2.97. The lowest BCUT2D eigenvalue weighted by molar-refractivity contribution is 0.309. The smallest absolute Gasteiger partial charge is 0.120 e. The quantitative estimate of drug-likeness (QED) is 0.523. The van der Waals surface area contributed by atoms with Gasteiger partial charge in [0.25, 0.3) is 0 Å². The molecule has 2 atom stereocenters. The molecule has 1 nitrogen and oxygen atoms in total. The molecule has 1 rings (SSSR count). The van der Waals surface area contributed by atoms with Gasteiger partial charge < -0.3 is 5.32 Å². The van der Waals surface area contributed by atoms with Crippen molar-refractivity contribution in [1.82, 2.24) is 5.32 Å². The van der Waals surface area contributed by atoms with E-state index in [1.165, 1.54) is 0 Å². The molecule has 52 valence electrons. The second-order valence-electron chi connectivity index (χ2n) is 2.63. The number of rotatable bonds is 1. The fraction of sp³-hybridized carbons (Fsp3) is 0.714. The zero-order chi connectivity index (χ0) is 6.85. The van der Waals surface area contributed by atoms with Gasteiger partial charge in [-0.1, -0.05) is 12.2 Å². The Balaban J connectivity index is 2.49. The molecule has 0 saturated carbocycles. The third-order valence-corrected chi connectivity index (χ3v) is 1.77. The average Bonchev–Trinajstić information content (AvgIpc) is 2.13. The minimum Gasteiger partial charge on any atom is -0.313 e. The first-order valence-corrected chi connectivity index (χ1v) is 3.22. The Kier molecular flexibility index (Phi) is 1.86. The highest BCUT2D eigenvalue weighted by atomic mass is 19.1. The molecule has 0 aromatic rings. The van der Waals surface area contributed by atoms with E-state index in [0.717, 1.165) is 12.1 Å². The lowest BCUT2D eigenvalue weighted by Gasteiger charge is -2.09. The Hall–Kier alpha value is -0.370. The van der Waals surface area contributed by atoms with E-state index in [2.05, 4.69) is 11.9 Å². The van der Waals surface area contributed by atoms with Gasteiger partial charge in [0.05, 0.1) is 0 Å². The molecule has 0 aliphatic carbocycles. The molecule has 0 spiro atoms. The summed E-state index contributed by atoms with van der Waals surface area (Å²) in [4.78, 5) is 0. The van der Waals surface area contributed by atoms with Gasteiger partial charge in [0.1, 0.15) is 6.17 Å². The standard InChI is InChI=1S/C7H12FN/c1-5(2)6-3-9-4-7(6)8/h6-7,9H,1,3-4H2,2H3. The molecule has 1 saturated heterocycles. The van der Waals surface area contributed by atoms with Crippen LogP contribution in [0.25, 0.3) is 0 Å². The largest absolute Gasteiger partial charge is 0.313 e. The first kappa shape index (κ1) is 6.75. The van der Waals surface area contributed by atoms with Crippen LogP contribution in [0.15, 0.2) is 12.2 Å². The van der Waals surface area contributed by atoms with Crippen LogP contribution in [0.1, 0.15) is 6.92 Å². The van der Waals surface area contributed by atoms with Crippen LogP contribution >= 0.6 is 0 Å². The normalized spacial score (nSPS) is 34.9. The molecular weight excluding hydrogens is 117 g/mol. The van der Waals surface area contributed by atoms with E-state index in [1.54, 1.807) is 0 Å². The maximum atomic E-state index is 12.7. The SMILES string of the molecule is C=C(C)C1CNCC1F. The maximum absolute atomic E-state index is 12.7. The fourth-order valence-electron chi connectivity index (χ4n) is 1.13. The molecule has 1 N–H and O–H groups in total. The van der Waals surface area contributed by atoms with Gasteiger partial charge in [-0.3, -0.25) is 0 Å². The van der Waals surface area contributed by atoms with Crippen molar-refractivity contribution in [2.45, 2.75) is 13.1 Å². The fourth-order valence-corrected chi connectivity index (χ4v) is 1.13. The highest BCUT2D eigenvalue weighted by Gasteiger charge is 2.26. The van der Waals surface area contributed by atoms with Gasteiger partial charge >= 0.3 is 0 Å². The second-order valence-corrected chi connectivity index (χ2v) is 2.63. The van der Waals surface area contributed by atoms with Crippen LogP contribution in [0, 0.1) is 5.92 Å². The van der Waals surface area contributed by atoms with Crippen LogP contribution in [-0.2, 0) is 0 Å². The van der Waals surface area contributed by atoms with Gasteiger partial charge in [-0.25, -0.2) is 4.39 Å². The summed E-state index contributed by atoms with van der Waals surface area (Å²) in [5.74, 6) is 0.0602. The number of halogens is 1. The molecule has 2 heteroatoms. The van der Waals surface area contributed by atoms with Crippen LogP contribution in [0.2, 0.25) is 0 Å². The Bertz CT molecular complexity index is 122. The van der Waals surface area contributed by atoms with Gasteiger partial charge in [0, 0.05) is 19.0 Å². The Morgan fingerprint density at radius 2 is 2.33 bits per heavy atom. The van der Waals surface area contributed by atoms with Crippen molar-refractivity contribution in [2.75, 3.05) is 13.1 Å². The Morgan fingerprint density at radius 3 is 2.56 bits per heavy atom. The Labute approximate surface area is 54.9 Å². The second kappa shape index (κ2) is 2.48. The van der Waals surface area contributed by atoms with Crippen molar-refractivity contribution in [3.63, 3.8) is 0 Å². The molecule has 1 aliphatic rings. The van der Waals surface area contributed by atoms with Crippen molar-refractivity contribution >= 4 is 0 Å². The molecule has 0 aromatic carbocycles. The summed E-state index contributed by atoms with van der Waals surface area (Å²) in [6.07, 6.45) is -0.706. The molecule has 0 amide bonds. The molecule has 1 heterocycles. The van der Waals surface area contributed by atoms with E-state index in [9.17, 15) is 4.39 Å². The van der Waals surface area contributed by atoms with Crippen molar-refractivity contribution in [3.8, 4) is 0 Å². The molecular formula is C7H12FN. The number of nitrogens with one attached hydrogen (secondary N) is 1. The van der Waals surface area contributed by atoms with Crippen molar-refractivity contribution in [2.24, 2.45) is 5.92 Å². The lowest BCUT2D eigenvalue weighted by atomic mass is 10.0. The first-order valence-electron chi connectivity index (χ1n) is 3.22. The predicted octanol–water partition coefficient (Wildman–Crippen LogP) is 1.12. The van der Waals surface area contributed by atoms with E-state index in [1.807, 2.05) is 6.92 Å². The van der Waals surface area contributed by atoms with Crippen molar-refractivity contribution in [3.05, 3.63) is 12.2 Å². The van der Waals surface area contributed by atoms with Gasteiger partial charge in [-0.15, -0.1) is 0 Å². The number of hydrogen-bond acceptors (Lipinski definition) is 1. The van der Waals surface area contributed by atoms with E-state index < -0.39 is 6.17 Å². The lowest BCUT2D eigenvalue weighted by Crippen LogP contribution is -2.13. The van der Waals surface area contributed by atoms with Crippen LogP contribution in [0.3, 0.4) is 0 Å². The minimum absolute atomic E-state index is 0.0602. The van der Waals surface area contributed by atoms with Crippen LogP contribution in [0.4, 0.5) is 4.39 Å². The van der Waals surface area contributed by atoms with Crippen molar-refractivity contribution in [1.29, 1.82) is 0 Å². The summed E-state index contributed by atoms with van der Waals surface area (Å²) in [7, 11) is 0. The molecule has 1 aliphatic heterocycles. The Morgan fingerprint density at radius 1 is 1.67 bits per heavy atom. The van der Waals surface area contributed by atoms with Gasteiger partial charge in [-0.05, 0) is 6.92 Å². The van der Waals surface area contributed by atoms with Gasteiger partial charge in [0.15, 0.2) is 0 Å². The molecule has 0 aromatic heterocycles. The topological polar surface area (TPSA) is 12.0 Å². The van der Waals surface area contributed by atoms with Crippen LogP contribution in [-0.4, -0.2) is 19.3 Å².